The first-order chi connectivity index (χ1) is 63.3. The second-order valence-corrected chi connectivity index (χ2v) is 30.5. The molecule has 0 unspecified atom stereocenters. The Bertz CT molecular complexity index is 7270. The molecule has 2 aliphatic heterocycles. The zero-order valence-electron chi connectivity index (χ0n) is 80.9. The Kier molecular flexibility index (Phi) is 12.8. The van der Waals surface area contributed by atoms with Crippen LogP contribution in [-0.4, -0.2) is 41.2 Å². The van der Waals surface area contributed by atoms with Crippen LogP contribution in [0.4, 0.5) is 34.1 Å². The van der Waals surface area contributed by atoms with Gasteiger partial charge in [0.15, 0.2) is 34.9 Å². The Morgan fingerprint density at radius 2 is 0.579 bits per heavy atom. The Morgan fingerprint density at radius 3 is 0.921 bits per heavy atom. The summed E-state index contributed by atoms with van der Waals surface area (Å²) >= 11 is 0. The molecule has 10 heteroatoms. The van der Waals surface area contributed by atoms with E-state index in [9.17, 15) is 21.9 Å². The topological polar surface area (TPSA) is 88.8 Å². The summed E-state index contributed by atoms with van der Waals surface area (Å²) in [7, 11) is 0. The highest BCUT2D eigenvalue weighted by Gasteiger charge is 2.47. The van der Waals surface area contributed by atoms with Crippen LogP contribution in [0.5, 0.6) is 0 Å². The first kappa shape index (κ1) is 52.0. The fourth-order valence-corrected chi connectivity index (χ4v) is 15.9. The third-order valence-electron chi connectivity index (χ3n) is 21.4. The van der Waals surface area contributed by atoms with Gasteiger partial charge >= 0.3 is 0 Å². The molecule has 542 valence electrons. The maximum Gasteiger partial charge on any atom is 0.252 e. The second-order valence-electron chi connectivity index (χ2n) is 30.5. The third kappa shape index (κ3) is 12.2. The number of anilines is 6. The van der Waals surface area contributed by atoms with Crippen LogP contribution in [0.25, 0.3) is 140 Å². The van der Waals surface area contributed by atoms with Crippen LogP contribution in [0.1, 0.15) is 77.3 Å². The fourth-order valence-electron chi connectivity index (χ4n) is 15.9. The van der Waals surface area contributed by atoms with Crippen molar-refractivity contribution in [3.05, 3.63) is 375 Å². The number of rotatable bonds is 13. The molecule has 0 spiro atoms. The largest absolute Gasteiger partial charge is 0.310 e. The van der Waals surface area contributed by atoms with Crippen molar-refractivity contribution in [2.45, 2.75) is 52.4 Å². The number of hydrogen-bond acceptors (Lipinski definition) is 8. The van der Waals surface area contributed by atoms with Gasteiger partial charge in [0.25, 0.3) is 6.71 Å². The smallest absolute Gasteiger partial charge is 0.252 e. The Labute approximate surface area is 690 Å². The number of fused-ring (bicyclic) bond motifs is 7. The van der Waals surface area contributed by atoms with E-state index in [1.54, 1.807) is 24.3 Å². The van der Waals surface area contributed by atoms with E-state index in [1.807, 2.05) is 216 Å². The van der Waals surface area contributed by atoms with Crippen LogP contribution in [0.3, 0.4) is 0 Å². The summed E-state index contributed by atoms with van der Waals surface area (Å²) < 4.78 is 175. The Balaban J connectivity index is 1.06. The number of para-hydroxylation sites is 2. The van der Waals surface area contributed by atoms with Crippen molar-refractivity contribution in [3.63, 3.8) is 0 Å². The van der Waals surface area contributed by atoms with Gasteiger partial charge in [0, 0.05) is 78.0 Å². The summed E-state index contributed by atoms with van der Waals surface area (Å²) in [5.41, 5.74) is 9.44. The molecule has 18 aromatic rings. The molecular weight excluding hydrogens is 1390 g/mol. The average Bonchev–Trinajstić information content (AvgIpc) is 1.04. The summed E-state index contributed by atoms with van der Waals surface area (Å²) in [4.78, 5) is 37.0. The standard InChI is InChI=1S/C104H78BN9/c1-103(2,3)77-61-82(69-39-19-9-20-40-69)95(84(63-77)101-108-97(71-43-23-11-24-44-71)106-98(109-101)72-45-25-12-26-46-72)113-90-59-75(67-35-15-7-16-36-67)55-57-86(90)105-87-58-56-76(68-37-17-8-18-38-68)60-91(87)114(93-66-79(65-92(113)94(93)105)112-88-53-33-31-51-80(88)81-52-32-34-54-89(81)112)96-83(70-41-21-10-22-42-70)62-78(104(4,5)6)64-85(96)102-110-99(73-47-27-13-28-48-73)107-100(111-102)74-49-29-14-30-50-74/h7-66H,1-6H3/i7D,8D,15D,16D,17D,18D,31D,32D,33D,34D,35D,36D,37D,38D,51D,52D,53D,54D. The van der Waals surface area contributed by atoms with E-state index in [0.717, 1.165) is 11.1 Å². The molecule has 15 aromatic carbocycles. The van der Waals surface area contributed by atoms with E-state index < -0.39 is 126 Å². The van der Waals surface area contributed by atoms with Crippen molar-refractivity contribution in [2.24, 2.45) is 0 Å². The monoisotopic (exact) mass is 1480 g/mol. The van der Waals surface area contributed by atoms with E-state index >= 15 is 0 Å². The predicted octanol–water partition coefficient (Wildman–Crippen LogP) is 24.5. The van der Waals surface area contributed by atoms with E-state index in [-0.39, 0.29) is 72.8 Å². The van der Waals surface area contributed by atoms with Crippen LogP contribution >= 0.6 is 0 Å². The highest BCUT2D eigenvalue weighted by molar-refractivity contribution is 7.00. The maximum atomic E-state index is 10.4. The minimum absolute atomic E-state index is 0.0435. The van der Waals surface area contributed by atoms with Crippen molar-refractivity contribution in [2.75, 3.05) is 9.80 Å². The molecule has 0 amide bonds. The predicted molar refractivity (Wildman–Crippen MR) is 473 cm³/mol. The molecule has 0 bridgehead atoms. The zero-order chi connectivity index (χ0) is 92.4. The lowest BCUT2D eigenvalue weighted by molar-refractivity contribution is 0.590. The number of nitrogens with zero attached hydrogens (tertiary/aromatic N) is 9. The molecule has 0 N–H and O–H groups in total. The second kappa shape index (κ2) is 28.0. The van der Waals surface area contributed by atoms with Gasteiger partial charge in [-0.1, -0.05) is 344 Å². The molecule has 9 nitrogen and oxygen atoms in total. The van der Waals surface area contributed by atoms with E-state index in [2.05, 4.69) is 65.8 Å². The fraction of sp³-hybridized carbons (Fsp3) is 0.0769. The molecule has 0 atom stereocenters. The highest BCUT2D eigenvalue weighted by Crippen LogP contribution is 2.56. The lowest BCUT2D eigenvalue weighted by atomic mass is 9.33. The van der Waals surface area contributed by atoms with Gasteiger partial charge in [0.1, 0.15) is 0 Å². The van der Waals surface area contributed by atoms with Gasteiger partial charge in [-0.15, -0.1) is 0 Å². The summed E-state index contributed by atoms with van der Waals surface area (Å²) in [6, 6.07) is 69.6. The quantitative estimate of drug-likeness (QED) is 0.106. The van der Waals surface area contributed by atoms with E-state index in [4.69, 9.17) is 32.6 Å². The van der Waals surface area contributed by atoms with Crippen molar-refractivity contribution >= 4 is 79.0 Å². The number of aromatic nitrogens is 7. The first-order valence-electron chi connectivity index (χ1n) is 46.7. The minimum atomic E-state index is -1.06. The van der Waals surface area contributed by atoms with Crippen LogP contribution in [0, 0.1) is 0 Å². The van der Waals surface area contributed by atoms with Gasteiger partial charge in [-0.2, -0.15) is 0 Å². The molecule has 0 saturated heterocycles. The molecule has 2 aliphatic rings. The third-order valence-corrected chi connectivity index (χ3v) is 21.4. The van der Waals surface area contributed by atoms with Crippen LogP contribution < -0.4 is 26.2 Å². The maximum absolute atomic E-state index is 10.4. The van der Waals surface area contributed by atoms with Gasteiger partial charge in [-0.25, -0.2) is 29.9 Å². The molecule has 114 heavy (non-hydrogen) atoms. The van der Waals surface area contributed by atoms with Crippen LogP contribution in [0.15, 0.2) is 364 Å². The lowest BCUT2D eigenvalue weighted by Crippen LogP contribution is -2.61. The van der Waals surface area contributed by atoms with Gasteiger partial charge in [-0.05, 0) is 132 Å². The molecule has 0 fully saturated rings. The van der Waals surface area contributed by atoms with Crippen molar-refractivity contribution in [1.82, 2.24) is 34.5 Å². The zero-order valence-corrected chi connectivity index (χ0v) is 62.9. The highest BCUT2D eigenvalue weighted by atomic mass is 15.2. The first-order valence-corrected chi connectivity index (χ1v) is 37.7. The van der Waals surface area contributed by atoms with Gasteiger partial charge in [0.05, 0.1) is 52.8 Å². The van der Waals surface area contributed by atoms with Crippen molar-refractivity contribution in [1.29, 1.82) is 0 Å². The SMILES string of the molecule is [2H]c1c([2H])c([2H])c(-c2ccc3c(c2)N(c2c(-c4ccccc4)cc(C(C)(C)C)cc2-c2nc(-c4ccccc4)nc(-c4ccccc4)n2)c2cc(-n4c5c([2H])c([2H])c([2H])c([2H])c5c5c([2H])c([2H])c([2H])c([2H])c54)cc4c2B3c2ccc(-c3c([2H])c([2H])c([2H])c([2H])c3[2H])cc2N4c2c(-c3ccccc3)cc(C(C)(C)C)cc2-c2nc(-c3ccccc3)nc(-c3ccccc3)n2)c([2H])c1[2H]. The average molecular weight is 1480 g/mol. The Morgan fingerprint density at radius 1 is 0.272 bits per heavy atom. The molecule has 0 aliphatic carbocycles. The van der Waals surface area contributed by atoms with Gasteiger partial charge in [0.2, 0.25) is 0 Å². The number of hydrogen-bond donors (Lipinski definition) is 0. The van der Waals surface area contributed by atoms with Crippen molar-refractivity contribution in [3.8, 4) is 119 Å². The molecule has 20 rings (SSSR count). The Hall–Kier alpha value is -14.2. The molecule has 3 aromatic heterocycles. The molecule has 0 radical (unpaired) electrons. The molecule has 0 saturated carbocycles. The van der Waals surface area contributed by atoms with E-state index in [0.29, 0.717) is 118 Å². The number of benzene rings is 15. The molecule has 5 heterocycles. The normalized spacial score (nSPS) is 14.6. The summed E-state index contributed by atoms with van der Waals surface area (Å²) in [6.45, 7) is 11.5. The van der Waals surface area contributed by atoms with Gasteiger partial charge < -0.3 is 14.4 Å². The van der Waals surface area contributed by atoms with Crippen LogP contribution in [-0.2, 0) is 10.8 Å². The summed E-state index contributed by atoms with van der Waals surface area (Å²) in [6.07, 6.45) is 0. The van der Waals surface area contributed by atoms with E-state index in [1.165, 1.54) is 4.57 Å². The van der Waals surface area contributed by atoms with Crippen molar-refractivity contribution < 1.29 is 24.7 Å². The minimum Gasteiger partial charge on any atom is -0.310 e. The van der Waals surface area contributed by atoms with Crippen LogP contribution in [0.2, 0.25) is 0 Å². The molecular formula is C104H78BN9. The van der Waals surface area contributed by atoms with Gasteiger partial charge in [-0.3, -0.25) is 0 Å². The summed E-state index contributed by atoms with van der Waals surface area (Å²) in [5, 5.41) is -0.449. The summed E-state index contributed by atoms with van der Waals surface area (Å²) in [5.74, 6) is 1.57. The lowest BCUT2D eigenvalue weighted by Gasteiger charge is -2.46.